The molecule has 0 aliphatic carbocycles. The standard InChI is InChI=1S/C27H21N2OS.C13H24O2.Ir/c1-27(2,3)14-16-8-11-21-20(12-16)25-24(30-21)23-26(31-25)22(28-15-29-23)19-10-9-17-6-4-5-7-18(17)13-19;1-5-10(6-2)12(14)9-13(15)11(7-3)8-4;/h4-12,15H,14H2,1-3H3;9-11,14H,5-8H2,1-4H3;/q-1;;/b;12-9-;. The van der Waals surface area contributed by atoms with E-state index in [0.717, 1.165) is 80.2 Å². The van der Waals surface area contributed by atoms with Crippen LogP contribution in [0.5, 0.6) is 0 Å². The van der Waals surface area contributed by atoms with Crippen molar-refractivity contribution in [2.75, 3.05) is 0 Å². The van der Waals surface area contributed by atoms with Gasteiger partial charge in [0.05, 0.1) is 15.2 Å². The second-order valence-corrected chi connectivity index (χ2v) is 14.3. The van der Waals surface area contributed by atoms with Crippen LogP contribution in [0.15, 0.2) is 77.2 Å². The molecule has 0 fully saturated rings. The van der Waals surface area contributed by atoms with Gasteiger partial charge in [0, 0.05) is 49.1 Å². The maximum absolute atomic E-state index is 11.7. The van der Waals surface area contributed by atoms with Crippen LogP contribution in [0.4, 0.5) is 0 Å². The number of thiophene rings is 1. The van der Waals surface area contributed by atoms with Crippen molar-refractivity contribution in [3.8, 4) is 11.3 Å². The van der Waals surface area contributed by atoms with Gasteiger partial charge >= 0.3 is 0 Å². The number of hydrogen-bond acceptors (Lipinski definition) is 6. The van der Waals surface area contributed by atoms with Gasteiger partial charge in [0.1, 0.15) is 17.4 Å². The first-order valence-electron chi connectivity index (χ1n) is 16.5. The van der Waals surface area contributed by atoms with E-state index in [0.29, 0.717) is 0 Å². The number of benzene rings is 3. The van der Waals surface area contributed by atoms with Gasteiger partial charge in [-0.15, -0.1) is 41.0 Å². The number of allylic oxidation sites excluding steroid dienone is 2. The van der Waals surface area contributed by atoms with Crippen molar-refractivity contribution in [2.45, 2.75) is 80.6 Å². The molecule has 7 heteroatoms. The van der Waals surface area contributed by atoms with E-state index >= 15 is 0 Å². The summed E-state index contributed by atoms with van der Waals surface area (Å²) < 4.78 is 8.45. The molecule has 1 N–H and O–H groups in total. The predicted molar refractivity (Wildman–Crippen MR) is 193 cm³/mol. The third-order valence-corrected chi connectivity index (χ3v) is 9.86. The Balaban J connectivity index is 0.000000269. The van der Waals surface area contributed by atoms with Gasteiger partial charge in [0.2, 0.25) is 0 Å². The van der Waals surface area contributed by atoms with E-state index in [2.05, 4.69) is 79.3 Å². The summed E-state index contributed by atoms with van der Waals surface area (Å²) in [5, 5.41) is 13.2. The molecule has 0 aliphatic heterocycles. The summed E-state index contributed by atoms with van der Waals surface area (Å²) in [5.74, 6) is 0.547. The molecule has 47 heavy (non-hydrogen) atoms. The molecule has 0 atom stereocenters. The Morgan fingerprint density at radius 1 is 0.936 bits per heavy atom. The average Bonchev–Trinajstić information content (AvgIpc) is 3.58. The summed E-state index contributed by atoms with van der Waals surface area (Å²) in [6, 6.07) is 22.6. The van der Waals surface area contributed by atoms with Crippen LogP contribution in [0.1, 0.15) is 79.7 Å². The first-order valence-corrected chi connectivity index (χ1v) is 17.3. The SMILES string of the molecule is CC(C)(C)Cc1ccc2oc3c4ncnc(-c5[c-]c6ccccc6cc5)c4sc3c2c1.CCC(CC)C(=O)/C=C(\O)C(CC)CC.[Ir]. The number of hydrogen-bond donors (Lipinski definition) is 1. The van der Waals surface area contributed by atoms with Crippen LogP contribution in [0.25, 0.3) is 53.5 Å². The van der Waals surface area contributed by atoms with E-state index in [1.807, 2.05) is 39.8 Å². The molecule has 1 radical (unpaired) electrons. The molecule has 0 spiro atoms. The Kier molecular flexibility index (Phi) is 12.2. The van der Waals surface area contributed by atoms with Crippen molar-refractivity contribution in [2.24, 2.45) is 17.3 Å². The van der Waals surface area contributed by atoms with Crippen molar-refractivity contribution in [3.63, 3.8) is 0 Å². The number of nitrogens with zero attached hydrogens (tertiary/aromatic N) is 2. The molecule has 0 saturated carbocycles. The molecule has 3 aromatic heterocycles. The Labute approximate surface area is 295 Å². The summed E-state index contributed by atoms with van der Waals surface area (Å²) >= 11 is 1.71. The van der Waals surface area contributed by atoms with Crippen LogP contribution in [-0.2, 0) is 31.3 Å². The average molecular weight is 826 g/mol. The Morgan fingerprint density at radius 2 is 1.64 bits per heavy atom. The Morgan fingerprint density at radius 3 is 2.32 bits per heavy atom. The Hall–Kier alpha value is -3.38. The Bertz CT molecular complexity index is 2010. The molecule has 0 bridgehead atoms. The normalized spacial score (nSPS) is 12.2. The second-order valence-electron chi connectivity index (χ2n) is 13.3. The van der Waals surface area contributed by atoms with Crippen molar-refractivity contribution in [1.82, 2.24) is 9.97 Å². The number of aliphatic hydroxyl groups excluding tert-OH is 1. The van der Waals surface area contributed by atoms with Gasteiger partial charge in [0.15, 0.2) is 11.4 Å². The van der Waals surface area contributed by atoms with Crippen LogP contribution in [0.2, 0.25) is 0 Å². The van der Waals surface area contributed by atoms with Crippen molar-refractivity contribution in [3.05, 3.63) is 84.4 Å². The zero-order valence-electron chi connectivity index (χ0n) is 28.4. The molecule has 249 valence electrons. The quantitative estimate of drug-likeness (QED) is 0.0893. The summed E-state index contributed by atoms with van der Waals surface area (Å²) in [5.41, 5.74) is 6.10. The van der Waals surface area contributed by atoms with Crippen molar-refractivity contribution >= 4 is 59.4 Å². The fourth-order valence-corrected chi connectivity index (χ4v) is 7.27. The summed E-state index contributed by atoms with van der Waals surface area (Å²) in [6.07, 6.45) is 7.56. The van der Waals surface area contributed by atoms with Gasteiger partial charge < -0.3 is 9.52 Å². The van der Waals surface area contributed by atoms with Crippen LogP contribution in [0, 0.1) is 23.3 Å². The molecule has 0 amide bonds. The molecular formula is C40H45IrN2O3S-. The van der Waals surface area contributed by atoms with Gasteiger partial charge in [-0.2, -0.15) is 0 Å². The maximum Gasteiger partial charge on any atom is 0.171 e. The number of fused-ring (bicyclic) bond motifs is 6. The number of carbonyl (C=O) groups excluding carboxylic acids is 1. The molecule has 6 aromatic rings. The van der Waals surface area contributed by atoms with Gasteiger partial charge in [-0.05, 0) is 55.2 Å². The van der Waals surface area contributed by atoms with Crippen LogP contribution >= 0.6 is 11.3 Å². The number of ketones is 1. The molecule has 5 nitrogen and oxygen atoms in total. The summed E-state index contributed by atoms with van der Waals surface area (Å²) in [4.78, 5) is 20.9. The van der Waals surface area contributed by atoms with E-state index in [4.69, 9.17) is 4.42 Å². The zero-order chi connectivity index (χ0) is 33.0. The van der Waals surface area contributed by atoms with Crippen LogP contribution < -0.4 is 0 Å². The smallest absolute Gasteiger partial charge is 0.171 e. The molecule has 0 saturated heterocycles. The largest absolute Gasteiger partial charge is 0.512 e. The molecule has 3 aromatic carbocycles. The molecule has 6 rings (SSSR count). The number of furan rings is 1. The number of aromatic nitrogens is 2. The molecule has 0 unspecified atom stereocenters. The first kappa shape index (κ1) is 36.5. The fraction of sp³-hybridized carbons (Fsp3) is 0.375. The van der Waals surface area contributed by atoms with Crippen molar-refractivity contribution < 1.29 is 34.4 Å². The van der Waals surface area contributed by atoms with E-state index in [9.17, 15) is 9.90 Å². The number of rotatable bonds is 9. The molecule has 3 heterocycles. The van der Waals surface area contributed by atoms with E-state index < -0.39 is 0 Å². The van der Waals surface area contributed by atoms with Gasteiger partial charge in [0.25, 0.3) is 0 Å². The first-order chi connectivity index (χ1) is 22.1. The topological polar surface area (TPSA) is 76.2 Å². The summed E-state index contributed by atoms with van der Waals surface area (Å²) in [7, 11) is 0. The molecular weight excluding hydrogens is 781 g/mol. The second kappa shape index (κ2) is 15.7. The minimum Gasteiger partial charge on any atom is -0.512 e. The zero-order valence-corrected chi connectivity index (χ0v) is 31.7. The van der Waals surface area contributed by atoms with Gasteiger partial charge in [-0.1, -0.05) is 83.7 Å². The third-order valence-electron chi connectivity index (χ3n) is 8.66. The fourth-order valence-electron chi connectivity index (χ4n) is 6.06. The van der Waals surface area contributed by atoms with Crippen LogP contribution in [0.3, 0.4) is 0 Å². The number of carbonyl (C=O) groups is 1. The van der Waals surface area contributed by atoms with E-state index in [-0.39, 0.29) is 48.9 Å². The third kappa shape index (κ3) is 8.20. The number of aliphatic hydroxyl groups is 1. The van der Waals surface area contributed by atoms with Gasteiger partial charge in [-0.3, -0.25) is 9.78 Å². The summed E-state index contributed by atoms with van der Waals surface area (Å²) in [6.45, 7) is 14.9. The minimum atomic E-state index is 0. The van der Waals surface area contributed by atoms with Crippen molar-refractivity contribution in [1.29, 1.82) is 0 Å². The molecule has 0 aliphatic rings. The predicted octanol–water partition coefficient (Wildman–Crippen LogP) is 11.7. The monoisotopic (exact) mass is 826 g/mol. The maximum atomic E-state index is 11.7. The van der Waals surface area contributed by atoms with Crippen LogP contribution in [-0.4, -0.2) is 20.9 Å². The van der Waals surface area contributed by atoms with E-state index in [1.165, 1.54) is 17.0 Å². The van der Waals surface area contributed by atoms with E-state index in [1.54, 1.807) is 17.7 Å². The van der Waals surface area contributed by atoms with Gasteiger partial charge in [-0.25, -0.2) is 4.98 Å². The minimum absolute atomic E-state index is 0.